The Morgan fingerprint density at radius 3 is 2.36 bits per heavy atom. The molecule has 0 unspecified atom stereocenters. The Balaban J connectivity index is 2.81. The molecule has 0 fully saturated rings. The van der Waals surface area contributed by atoms with Gasteiger partial charge in [0.25, 0.3) is 0 Å². The van der Waals surface area contributed by atoms with Crippen molar-refractivity contribution in [2.75, 3.05) is 7.11 Å². The first-order valence-electron chi connectivity index (χ1n) is 4.09. The Labute approximate surface area is 81.7 Å². The number of rotatable bonds is 3. The van der Waals surface area contributed by atoms with E-state index in [4.69, 9.17) is 5.73 Å². The van der Waals surface area contributed by atoms with Gasteiger partial charge in [-0.25, -0.2) is 4.79 Å². The molecule has 4 heteroatoms. The van der Waals surface area contributed by atoms with Crippen LogP contribution in [0.25, 0.3) is 0 Å². The summed E-state index contributed by atoms with van der Waals surface area (Å²) in [4.78, 5) is 22.5. The molecular weight excluding hydrogens is 182 g/mol. The summed E-state index contributed by atoms with van der Waals surface area (Å²) in [6.45, 7) is 0. The van der Waals surface area contributed by atoms with Crippen LogP contribution in [-0.2, 0) is 9.53 Å². The predicted octanol–water partition coefficient (Wildman–Crippen LogP) is 0.370. The lowest BCUT2D eigenvalue weighted by atomic mass is 10.1. The fraction of sp³-hybridized carbons (Fsp3) is 0.200. The molecule has 0 heterocycles. The molecule has 14 heavy (non-hydrogen) atoms. The highest BCUT2D eigenvalue weighted by molar-refractivity contribution is 6.11. The second-order valence-electron chi connectivity index (χ2n) is 2.73. The van der Waals surface area contributed by atoms with Crippen molar-refractivity contribution in [2.45, 2.75) is 6.04 Å². The molecule has 1 aromatic rings. The van der Waals surface area contributed by atoms with Crippen LogP contribution in [0.3, 0.4) is 0 Å². The highest BCUT2D eigenvalue weighted by Gasteiger charge is 2.23. The van der Waals surface area contributed by atoms with Crippen molar-refractivity contribution in [3.05, 3.63) is 35.9 Å². The number of Topliss-reactive ketones (excluding diaryl/α,β-unsaturated/α-hetero) is 1. The van der Waals surface area contributed by atoms with Crippen LogP contribution < -0.4 is 5.73 Å². The van der Waals surface area contributed by atoms with E-state index in [1.54, 1.807) is 30.3 Å². The van der Waals surface area contributed by atoms with Gasteiger partial charge in [0.1, 0.15) is 0 Å². The van der Waals surface area contributed by atoms with E-state index >= 15 is 0 Å². The molecule has 0 saturated heterocycles. The van der Waals surface area contributed by atoms with Gasteiger partial charge in [-0.05, 0) is 0 Å². The van der Waals surface area contributed by atoms with Crippen LogP contribution in [0, 0.1) is 0 Å². The number of carbonyl (C=O) groups is 2. The third-order valence-corrected chi connectivity index (χ3v) is 1.80. The first-order valence-corrected chi connectivity index (χ1v) is 4.09. The van der Waals surface area contributed by atoms with Crippen LogP contribution in [0.2, 0.25) is 0 Å². The zero-order valence-electron chi connectivity index (χ0n) is 7.77. The summed E-state index contributed by atoms with van der Waals surface area (Å²) in [5, 5.41) is 0. The molecule has 0 aliphatic carbocycles. The van der Waals surface area contributed by atoms with Crippen LogP contribution in [0.4, 0.5) is 0 Å². The minimum Gasteiger partial charge on any atom is -0.468 e. The SMILES string of the molecule is COC(=O)[C@@H](N)C(=O)c1ccccc1. The number of hydrogen-bond acceptors (Lipinski definition) is 4. The Morgan fingerprint density at radius 1 is 1.29 bits per heavy atom. The molecule has 74 valence electrons. The Kier molecular flexibility index (Phi) is 3.36. The van der Waals surface area contributed by atoms with Crippen LogP contribution in [-0.4, -0.2) is 24.9 Å². The summed E-state index contributed by atoms with van der Waals surface area (Å²) in [6, 6.07) is 7.16. The third-order valence-electron chi connectivity index (χ3n) is 1.80. The highest BCUT2D eigenvalue weighted by atomic mass is 16.5. The minimum absolute atomic E-state index is 0.408. The first kappa shape index (κ1) is 10.4. The molecule has 0 aromatic heterocycles. The Hall–Kier alpha value is -1.68. The number of carbonyl (C=O) groups excluding carboxylic acids is 2. The molecule has 0 aliphatic heterocycles. The van der Waals surface area contributed by atoms with Gasteiger partial charge in [-0.1, -0.05) is 30.3 Å². The van der Waals surface area contributed by atoms with Crippen LogP contribution in [0.1, 0.15) is 10.4 Å². The topological polar surface area (TPSA) is 69.4 Å². The molecule has 0 amide bonds. The molecule has 1 aromatic carbocycles. The van der Waals surface area contributed by atoms with E-state index in [9.17, 15) is 9.59 Å². The Bertz CT molecular complexity index is 334. The van der Waals surface area contributed by atoms with Gasteiger partial charge in [-0.15, -0.1) is 0 Å². The molecule has 0 bridgehead atoms. The quantitative estimate of drug-likeness (QED) is 0.427. The van der Waals surface area contributed by atoms with E-state index in [0.29, 0.717) is 5.56 Å². The Morgan fingerprint density at radius 2 is 1.86 bits per heavy atom. The van der Waals surface area contributed by atoms with E-state index in [1.165, 1.54) is 7.11 Å². The van der Waals surface area contributed by atoms with Gasteiger partial charge in [-0.3, -0.25) is 4.79 Å². The van der Waals surface area contributed by atoms with Gasteiger partial charge >= 0.3 is 5.97 Å². The zero-order chi connectivity index (χ0) is 10.6. The summed E-state index contributed by atoms with van der Waals surface area (Å²) >= 11 is 0. The van der Waals surface area contributed by atoms with Crippen molar-refractivity contribution in [1.82, 2.24) is 0 Å². The maximum Gasteiger partial charge on any atom is 0.330 e. The molecule has 1 atom stereocenters. The van der Waals surface area contributed by atoms with Crippen molar-refractivity contribution < 1.29 is 14.3 Å². The molecule has 0 spiro atoms. The number of esters is 1. The molecule has 2 N–H and O–H groups in total. The smallest absolute Gasteiger partial charge is 0.330 e. The summed E-state index contributed by atoms with van der Waals surface area (Å²) < 4.78 is 4.37. The normalized spacial score (nSPS) is 11.9. The van der Waals surface area contributed by atoms with Crippen LogP contribution in [0.15, 0.2) is 30.3 Å². The van der Waals surface area contributed by atoms with Crippen LogP contribution >= 0.6 is 0 Å². The second-order valence-corrected chi connectivity index (χ2v) is 2.73. The van der Waals surface area contributed by atoms with Crippen molar-refractivity contribution in [2.24, 2.45) is 5.73 Å². The number of ether oxygens (including phenoxy) is 1. The minimum atomic E-state index is -1.23. The average Bonchev–Trinajstić information content (AvgIpc) is 2.27. The number of benzene rings is 1. The lowest BCUT2D eigenvalue weighted by Crippen LogP contribution is -2.39. The maximum absolute atomic E-state index is 11.5. The molecular formula is C10H11NO3. The van der Waals surface area contributed by atoms with Crippen LogP contribution in [0.5, 0.6) is 0 Å². The maximum atomic E-state index is 11.5. The van der Waals surface area contributed by atoms with E-state index in [2.05, 4.69) is 4.74 Å². The highest BCUT2D eigenvalue weighted by Crippen LogP contribution is 2.02. The molecule has 0 saturated carbocycles. The van der Waals surface area contributed by atoms with E-state index in [-0.39, 0.29) is 0 Å². The lowest BCUT2D eigenvalue weighted by molar-refractivity contribution is -0.140. The van der Waals surface area contributed by atoms with Gasteiger partial charge in [0.05, 0.1) is 7.11 Å². The van der Waals surface area contributed by atoms with Gasteiger partial charge in [0.15, 0.2) is 11.8 Å². The van der Waals surface area contributed by atoms with Gasteiger partial charge in [-0.2, -0.15) is 0 Å². The van der Waals surface area contributed by atoms with Gasteiger partial charge in [0, 0.05) is 5.56 Å². The molecule has 1 rings (SSSR count). The third kappa shape index (κ3) is 2.17. The standard InChI is InChI=1S/C10H11NO3/c1-14-10(13)8(11)9(12)7-5-3-2-4-6-7/h2-6,8H,11H2,1H3/t8-/m0/s1. The zero-order valence-corrected chi connectivity index (χ0v) is 7.77. The fourth-order valence-corrected chi connectivity index (χ4v) is 1.02. The second kappa shape index (κ2) is 4.53. The van der Waals surface area contributed by atoms with Crippen molar-refractivity contribution in [1.29, 1.82) is 0 Å². The van der Waals surface area contributed by atoms with Gasteiger partial charge < -0.3 is 10.5 Å². The number of nitrogens with two attached hydrogens (primary N) is 1. The monoisotopic (exact) mass is 193 g/mol. The van der Waals surface area contributed by atoms with E-state index in [1.807, 2.05) is 0 Å². The number of ketones is 1. The summed E-state index contributed by atoms with van der Waals surface area (Å²) in [5.41, 5.74) is 5.79. The summed E-state index contributed by atoms with van der Waals surface area (Å²) in [7, 11) is 1.19. The molecule has 4 nitrogen and oxygen atoms in total. The van der Waals surface area contributed by atoms with E-state index < -0.39 is 17.8 Å². The number of methoxy groups -OCH3 is 1. The van der Waals surface area contributed by atoms with Crippen molar-refractivity contribution in [3.8, 4) is 0 Å². The lowest BCUT2D eigenvalue weighted by Gasteiger charge is -2.07. The summed E-state index contributed by atoms with van der Waals surface area (Å²) in [6.07, 6.45) is 0. The molecule has 0 radical (unpaired) electrons. The predicted molar refractivity (Wildman–Crippen MR) is 50.8 cm³/mol. The largest absolute Gasteiger partial charge is 0.468 e. The fourth-order valence-electron chi connectivity index (χ4n) is 1.02. The molecule has 0 aliphatic rings. The average molecular weight is 193 g/mol. The van der Waals surface area contributed by atoms with Gasteiger partial charge in [0.2, 0.25) is 0 Å². The van der Waals surface area contributed by atoms with E-state index in [0.717, 1.165) is 0 Å². The number of hydrogen-bond donors (Lipinski definition) is 1. The van der Waals surface area contributed by atoms with Crippen molar-refractivity contribution in [3.63, 3.8) is 0 Å². The summed E-state index contributed by atoms with van der Waals surface area (Å²) in [5.74, 6) is -1.16. The van der Waals surface area contributed by atoms with Crippen molar-refractivity contribution >= 4 is 11.8 Å². The first-order chi connectivity index (χ1) is 6.66.